The Morgan fingerprint density at radius 1 is 0.892 bits per heavy atom. The molecule has 1 aliphatic heterocycles. The van der Waals surface area contributed by atoms with Crippen LogP contribution in [-0.2, 0) is 15.9 Å². The minimum atomic E-state index is -1.46. The van der Waals surface area contributed by atoms with Gasteiger partial charge in [0.15, 0.2) is 29.3 Å². The largest absolute Gasteiger partial charge is 0.504 e. The normalized spacial score (nSPS) is 29.4. The minimum absolute atomic E-state index is 0.00181. The summed E-state index contributed by atoms with van der Waals surface area (Å²) in [4.78, 5) is 0. The summed E-state index contributed by atoms with van der Waals surface area (Å²) < 4.78 is 27.3. The summed E-state index contributed by atoms with van der Waals surface area (Å²) in [5.41, 5.74) is 2.28. The molecule has 204 valence electrons. The first-order chi connectivity index (χ1) is 17.7. The van der Waals surface area contributed by atoms with Gasteiger partial charge in [-0.1, -0.05) is 0 Å². The summed E-state index contributed by atoms with van der Waals surface area (Å²) in [6.07, 6.45) is -4.86. The second-order valence-electron chi connectivity index (χ2n) is 9.37. The number of aromatic hydroxyl groups is 2. The summed E-state index contributed by atoms with van der Waals surface area (Å²) in [6.45, 7) is -0.392. The van der Waals surface area contributed by atoms with E-state index in [2.05, 4.69) is 0 Å². The number of aliphatic hydroxyl groups excluding tert-OH is 4. The van der Waals surface area contributed by atoms with Gasteiger partial charge in [0.05, 0.1) is 34.5 Å². The van der Waals surface area contributed by atoms with Gasteiger partial charge in [-0.3, -0.25) is 0 Å². The third-order valence-corrected chi connectivity index (χ3v) is 7.29. The second-order valence-corrected chi connectivity index (χ2v) is 9.37. The van der Waals surface area contributed by atoms with Crippen molar-refractivity contribution in [2.24, 2.45) is 11.8 Å². The fraction of sp³-hybridized carbons (Fsp3) is 0.538. The van der Waals surface area contributed by atoms with Gasteiger partial charge in [-0.25, -0.2) is 0 Å². The number of benzene rings is 2. The Morgan fingerprint density at radius 2 is 1.54 bits per heavy atom. The molecule has 7 unspecified atom stereocenters. The van der Waals surface area contributed by atoms with Crippen molar-refractivity contribution >= 4 is 0 Å². The zero-order valence-electron chi connectivity index (χ0n) is 20.9. The van der Waals surface area contributed by atoms with Gasteiger partial charge in [0.2, 0.25) is 5.75 Å². The molecule has 11 heteroatoms. The standard InChI is InChI=1S/C26H34O11/c1-33-19-5-12-4-14(9-27)16(10-36-26-25(32)23(30)18(29)11-37-26)22(15(12)8-17(19)28)13-6-20(34-2)24(31)21(7-13)35-3/h5-8,14,16,18,22-23,25-32H,4,9-11H2,1-3H3. The van der Waals surface area contributed by atoms with E-state index in [4.69, 9.17) is 23.7 Å². The molecule has 2 aliphatic rings. The summed E-state index contributed by atoms with van der Waals surface area (Å²) >= 11 is 0. The van der Waals surface area contributed by atoms with Crippen molar-refractivity contribution in [2.45, 2.75) is 36.9 Å². The molecule has 0 spiro atoms. The molecule has 1 aliphatic carbocycles. The molecule has 1 heterocycles. The monoisotopic (exact) mass is 522 g/mol. The Balaban J connectivity index is 1.78. The van der Waals surface area contributed by atoms with E-state index < -0.39 is 36.4 Å². The summed E-state index contributed by atoms with van der Waals surface area (Å²) in [7, 11) is 4.29. The molecule has 0 saturated carbocycles. The van der Waals surface area contributed by atoms with Crippen LogP contribution in [0.25, 0.3) is 0 Å². The van der Waals surface area contributed by atoms with E-state index in [1.165, 1.54) is 21.3 Å². The lowest BCUT2D eigenvalue weighted by molar-refractivity contribution is -0.274. The van der Waals surface area contributed by atoms with Gasteiger partial charge in [0, 0.05) is 12.5 Å². The maximum atomic E-state index is 10.6. The van der Waals surface area contributed by atoms with Crippen LogP contribution in [0.2, 0.25) is 0 Å². The van der Waals surface area contributed by atoms with E-state index in [1.54, 1.807) is 24.3 Å². The number of ether oxygens (including phenoxy) is 5. The van der Waals surface area contributed by atoms with Crippen LogP contribution in [0.4, 0.5) is 0 Å². The van der Waals surface area contributed by atoms with E-state index in [0.29, 0.717) is 17.7 Å². The Bertz CT molecular complexity index is 1070. The van der Waals surface area contributed by atoms with Gasteiger partial charge in [-0.15, -0.1) is 0 Å². The summed E-state index contributed by atoms with van der Waals surface area (Å²) in [5.74, 6) is -0.745. The van der Waals surface area contributed by atoms with E-state index in [-0.39, 0.29) is 48.7 Å². The van der Waals surface area contributed by atoms with Crippen molar-refractivity contribution in [2.75, 3.05) is 41.2 Å². The summed E-state index contributed by atoms with van der Waals surface area (Å²) in [5, 5.41) is 61.6. The second kappa shape index (κ2) is 11.3. The van der Waals surface area contributed by atoms with Crippen LogP contribution in [0, 0.1) is 11.8 Å². The zero-order valence-corrected chi connectivity index (χ0v) is 20.9. The van der Waals surface area contributed by atoms with Crippen LogP contribution >= 0.6 is 0 Å². The first-order valence-electron chi connectivity index (χ1n) is 12.0. The SMILES string of the molecule is COc1cc2c(cc1O)C(c1cc(OC)c(O)c(OC)c1)C(COC1OCC(O)C(O)C1O)C(CO)C2. The van der Waals surface area contributed by atoms with Crippen molar-refractivity contribution in [3.05, 3.63) is 41.0 Å². The molecule has 0 bridgehead atoms. The fourth-order valence-electron chi connectivity index (χ4n) is 5.28. The van der Waals surface area contributed by atoms with Gasteiger partial charge in [-0.05, 0) is 59.2 Å². The fourth-order valence-corrected chi connectivity index (χ4v) is 5.28. The molecule has 0 amide bonds. The number of hydrogen-bond donors (Lipinski definition) is 6. The number of aliphatic hydroxyl groups is 4. The Kier molecular flexibility index (Phi) is 8.32. The van der Waals surface area contributed by atoms with E-state index >= 15 is 0 Å². The highest BCUT2D eigenvalue weighted by Crippen LogP contribution is 2.50. The highest BCUT2D eigenvalue weighted by molar-refractivity contribution is 5.57. The Morgan fingerprint density at radius 3 is 2.14 bits per heavy atom. The topological polar surface area (TPSA) is 168 Å². The lowest BCUT2D eigenvalue weighted by Crippen LogP contribution is -2.54. The number of fused-ring (bicyclic) bond motifs is 1. The molecular formula is C26H34O11. The van der Waals surface area contributed by atoms with E-state index in [9.17, 15) is 30.6 Å². The average Bonchev–Trinajstić information content (AvgIpc) is 2.90. The van der Waals surface area contributed by atoms with Crippen LogP contribution in [0.15, 0.2) is 24.3 Å². The van der Waals surface area contributed by atoms with Crippen molar-refractivity contribution in [3.63, 3.8) is 0 Å². The molecule has 2 aromatic rings. The molecule has 6 N–H and O–H groups in total. The maximum absolute atomic E-state index is 10.6. The molecule has 1 saturated heterocycles. The average molecular weight is 523 g/mol. The molecular weight excluding hydrogens is 488 g/mol. The summed E-state index contributed by atoms with van der Waals surface area (Å²) in [6, 6.07) is 6.66. The van der Waals surface area contributed by atoms with Gasteiger partial charge >= 0.3 is 0 Å². The minimum Gasteiger partial charge on any atom is -0.504 e. The number of methoxy groups -OCH3 is 3. The smallest absolute Gasteiger partial charge is 0.200 e. The van der Waals surface area contributed by atoms with Crippen LogP contribution < -0.4 is 14.2 Å². The van der Waals surface area contributed by atoms with E-state index in [0.717, 1.165) is 11.1 Å². The predicted octanol–water partition coefficient (Wildman–Crippen LogP) is 0.492. The quantitative estimate of drug-likeness (QED) is 0.286. The van der Waals surface area contributed by atoms with Crippen molar-refractivity contribution in [1.29, 1.82) is 0 Å². The van der Waals surface area contributed by atoms with Crippen LogP contribution in [-0.4, -0.2) is 96.4 Å². The number of phenols is 2. The van der Waals surface area contributed by atoms with E-state index in [1.807, 2.05) is 0 Å². The van der Waals surface area contributed by atoms with Crippen molar-refractivity contribution in [1.82, 2.24) is 0 Å². The van der Waals surface area contributed by atoms with Gasteiger partial charge in [0.1, 0.15) is 18.3 Å². The molecule has 4 rings (SSSR count). The third-order valence-electron chi connectivity index (χ3n) is 7.29. The lowest BCUT2D eigenvalue weighted by Gasteiger charge is -2.41. The predicted molar refractivity (Wildman–Crippen MR) is 129 cm³/mol. The number of phenolic OH excluding ortho intramolecular Hbond substituents is 2. The molecule has 37 heavy (non-hydrogen) atoms. The number of hydrogen-bond acceptors (Lipinski definition) is 11. The van der Waals surface area contributed by atoms with Crippen LogP contribution in [0.5, 0.6) is 28.7 Å². The number of rotatable bonds is 8. The molecule has 1 fully saturated rings. The third kappa shape index (κ3) is 5.15. The highest BCUT2D eigenvalue weighted by atomic mass is 16.7. The molecule has 11 nitrogen and oxygen atoms in total. The molecule has 7 atom stereocenters. The first-order valence-corrected chi connectivity index (χ1v) is 12.0. The highest BCUT2D eigenvalue weighted by Gasteiger charge is 2.42. The van der Waals surface area contributed by atoms with Crippen LogP contribution in [0.1, 0.15) is 22.6 Å². The Labute approximate surface area is 214 Å². The molecule has 2 aromatic carbocycles. The lowest BCUT2D eigenvalue weighted by atomic mass is 9.66. The van der Waals surface area contributed by atoms with Gasteiger partial charge < -0.3 is 54.3 Å². The zero-order chi connectivity index (χ0) is 26.9. The van der Waals surface area contributed by atoms with Crippen molar-refractivity contribution in [3.8, 4) is 28.7 Å². The first kappa shape index (κ1) is 27.2. The van der Waals surface area contributed by atoms with Gasteiger partial charge in [0.25, 0.3) is 0 Å². The molecule has 0 aromatic heterocycles. The van der Waals surface area contributed by atoms with Gasteiger partial charge in [-0.2, -0.15) is 0 Å². The maximum Gasteiger partial charge on any atom is 0.200 e. The van der Waals surface area contributed by atoms with Crippen LogP contribution in [0.3, 0.4) is 0 Å². The van der Waals surface area contributed by atoms with Crippen molar-refractivity contribution < 1.29 is 54.3 Å². The molecule has 0 radical (unpaired) electrons. The Hall–Kier alpha value is -2.80.